The number of nitrogens with zero attached hydrogens (tertiary/aromatic N) is 1. The summed E-state index contributed by atoms with van der Waals surface area (Å²) in [5.41, 5.74) is 1.12. The summed E-state index contributed by atoms with van der Waals surface area (Å²) in [6.45, 7) is 8.11. The van der Waals surface area contributed by atoms with Crippen LogP contribution in [0.2, 0.25) is 0 Å². The van der Waals surface area contributed by atoms with E-state index in [1.54, 1.807) is 11.3 Å². The number of rotatable bonds is 6. The predicted octanol–water partition coefficient (Wildman–Crippen LogP) is 1.15. The van der Waals surface area contributed by atoms with Crippen LogP contribution < -0.4 is 10.6 Å². The minimum absolute atomic E-state index is 0.893. The maximum atomic E-state index is 4.36. The van der Waals surface area contributed by atoms with Crippen LogP contribution in [0.4, 0.5) is 0 Å². The number of thiazole rings is 1. The van der Waals surface area contributed by atoms with Gasteiger partial charge in [-0.15, -0.1) is 11.3 Å². The van der Waals surface area contributed by atoms with E-state index < -0.39 is 0 Å². The molecule has 1 aromatic rings. The topological polar surface area (TPSA) is 37.0 Å². The maximum Gasteiger partial charge on any atom is 0.107 e. The molecule has 0 radical (unpaired) electrons. The molecule has 0 bridgehead atoms. The molecule has 0 aliphatic carbocycles. The molecule has 74 valence electrons. The average molecular weight is 199 g/mol. The molecule has 3 nitrogen and oxygen atoms in total. The van der Waals surface area contributed by atoms with Gasteiger partial charge in [-0.2, -0.15) is 0 Å². The lowest BCUT2D eigenvalue weighted by Gasteiger charge is -2.02. The molecule has 0 aromatic carbocycles. The molecule has 0 aliphatic heterocycles. The summed E-state index contributed by atoms with van der Waals surface area (Å²) >= 11 is 1.72. The largest absolute Gasteiger partial charge is 0.316 e. The van der Waals surface area contributed by atoms with E-state index in [0.717, 1.165) is 31.9 Å². The van der Waals surface area contributed by atoms with E-state index in [0.29, 0.717) is 0 Å². The van der Waals surface area contributed by atoms with E-state index in [1.807, 2.05) is 6.92 Å². The van der Waals surface area contributed by atoms with E-state index in [1.165, 1.54) is 5.01 Å². The summed E-state index contributed by atoms with van der Waals surface area (Å²) in [5, 5.41) is 9.86. The van der Waals surface area contributed by atoms with Gasteiger partial charge in [0.1, 0.15) is 5.01 Å². The Morgan fingerprint density at radius 3 is 2.77 bits per heavy atom. The predicted molar refractivity (Wildman–Crippen MR) is 57.1 cm³/mol. The van der Waals surface area contributed by atoms with Crippen LogP contribution in [0.3, 0.4) is 0 Å². The molecule has 13 heavy (non-hydrogen) atoms. The van der Waals surface area contributed by atoms with Crippen molar-refractivity contribution in [1.82, 2.24) is 15.6 Å². The fourth-order valence-electron chi connectivity index (χ4n) is 1.03. The SMILES string of the molecule is CCNCCNCc1nc(C)cs1. The van der Waals surface area contributed by atoms with Crippen molar-refractivity contribution >= 4 is 11.3 Å². The summed E-state index contributed by atoms with van der Waals surface area (Å²) < 4.78 is 0. The number of aromatic nitrogens is 1. The van der Waals surface area contributed by atoms with Crippen molar-refractivity contribution in [3.05, 3.63) is 16.1 Å². The zero-order valence-corrected chi connectivity index (χ0v) is 9.08. The van der Waals surface area contributed by atoms with E-state index in [2.05, 4.69) is 27.9 Å². The summed E-state index contributed by atoms with van der Waals surface area (Å²) in [4.78, 5) is 4.36. The van der Waals surface area contributed by atoms with Gasteiger partial charge in [0.2, 0.25) is 0 Å². The molecular weight excluding hydrogens is 182 g/mol. The van der Waals surface area contributed by atoms with Crippen molar-refractivity contribution in [2.75, 3.05) is 19.6 Å². The molecular formula is C9H17N3S. The Labute approximate surface area is 83.6 Å². The molecule has 0 saturated carbocycles. The Balaban J connectivity index is 2.06. The average Bonchev–Trinajstić information content (AvgIpc) is 2.51. The van der Waals surface area contributed by atoms with Gasteiger partial charge in [0.25, 0.3) is 0 Å². The highest BCUT2D eigenvalue weighted by atomic mass is 32.1. The van der Waals surface area contributed by atoms with Crippen LogP contribution >= 0.6 is 11.3 Å². The molecule has 0 unspecified atom stereocenters. The second kappa shape index (κ2) is 6.07. The first-order valence-electron chi connectivity index (χ1n) is 4.65. The third kappa shape index (κ3) is 4.36. The van der Waals surface area contributed by atoms with Gasteiger partial charge in [0, 0.05) is 30.7 Å². The van der Waals surface area contributed by atoms with Crippen LogP contribution in [-0.4, -0.2) is 24.6 Å². The smallest absolute Gasteiger partial charge is 0.107 e. The van der Waals surface area contributed by atoms with Crippen molar-refractivity contribution in [2.24, 2.45) is 0 Å². The number of hydrogen-bond donors (Lipinski definition) is 2. The molecule has 0 atom stereocenters. The first kappa shape index (κ1) is 10.6. The fraction of sp³-hybridized carbons (Fsp3) is 0.667. The van der Waals surface area contributed by atoms with Crippen LogP contribution in [0.25, 0.3) is 0 Å². The van der Waals surface area contributed by atoms with Gasteiger partial charge in [-0.05, 0) is 13.5 Å². The lowest BCUT2D eigenvalue weighted by Crippen LogP contribution is -2.26. The van der Waals surface area contributed by atoms with Crippen LogP contribution in [0, 0.1) is 6.92 Å². The van der Waals surface area contributed by atoms with E-state index in [9.17, 15) is 0 Å². The summed E-state index contributed by atoms with van der Waals surface area (Å²) in [7, 11) is 0. The Morgan fingerprint density at radius 1 is 1.38 bits per heavy atom. The molecule has 0 spiro atoms. The summed E-state index contributed by atoms with van der Waals surface area (Å²) in [6, 6.07) is 0. The molecule has 4 heteroatoms. The standard InChI is InChI=1S/C9H17N3S/c1-3-10-4-5-11-6-9-12-8(2)7-13-9/h7,10-11H,3-6H2,1-2H3. The monoisotopic (exact) mass is 199 g/mol. The van der Waals surface area contributed by atoms with Crippen molar-refractivity contribution in [2.45, 2.75) is 20.4 Å². The highest BCUT2D eigenvalue weighted by molar-refractivity contribution is 7.09. The number of nitrogens with one attached hydrogen (secondary N) is 2. The van der Waals surface area contributed by atoms with Gasteiger partial charge in [-0.25, -0.2) is 4.98 Å². The minimum atomic E-state index is 0.893. The Kier molecular flexibility index (Phi) is 4.97. The molecule has 2 N–H and O–H groups in total. The maximum absolute atomic E-state index is 4.36. The van der Waals surface area contributed by atoms with Gasteiger partial charge >= 0.3 is 0 Å². The fourth-order valence-corrected chi connectivity index (χ4v) is 1.77. The Morgan fingerprint density at radius 2 is 2.15 bits per heavy atom. The van der Waals surface area contributed by atoms with Gasteiger partial charge in [0.05, 0.1) is 0 Å². The number of likely N-dealkylation sites (N-methyl/N-ethyl adjacent to an activating group) is 1. The second-order valence-corrected chi connectivity index (χ2v) is 3.86. The highest BCUT2D eigenvalue weighted by Crippen LogP contribution is 2.07. The molecule has 1 heterocycles. The number of aryl methyl sites for hydroxylation is 1. The summed E-state index contributed by atoms with van der Waals surface area (Å²) in [5.74, 6) is 0. The quantitative estimate of drug-likeness (QED) is 0.675. The van der Waals surface area contributed by atoms with Gasteiger partial charge in [-0.1, -0.05) is 6.92 Å². The molecule has 0 aliphatic rings. The zero-order valence-electron chi connectivity index (χ0n) is 8.26. The number of hydrogen-bond acceptors (Lipinski definition) is 4. The lowest BCUT2D eigenvalue weighted by molar-refractivity contribution is 0.623. The van der Waals surface area contributed by atoms with Gasteiger partial charge in [-0.3, -0.25) is 0 Å². The van der Waals surface area contributed by atoms with Crippen LogP contribution in [0.5, 0.6) is 0 Å². The van der Waals surface area contributed by atoms with Gasteiger partial charge < -0.3 is 10.6 Å². The van der Waals surface area contributed by atoms with E-state index in [-0.39, 0.29) is 0 Å². The van der Waals surface area contributed by atoms with Crippen LogP contribution in [0.1, 0.15) is 17.6 Å². The third-order valence-corrected chi connectivity index (χ3v) is 2.64. The molecule has 0 fully saturated rings. The van der Waals surface area contributed by atoms with E-state index >= 15 is 0 Å². The second-order valence-electron chi connectivity index (χ2n) is 2.91. The lowest BCUT2D eigenvalue weighted by atomic mass is 10.5. The van der Waals surface area contributed by atoms with Crippen molar-refractivity contribution in [3.63, 3.8) is 0 Å². The molecule has 1 aromatic heterocycles. The van der Waals surface area contributed by atoms with Gasteiger partial charge in [0.15, 0.2) is 0 Å². The summed E-state index contributed by atoms with van der Waals surface area (Å²) in [6.07, 6.45) is 0. The first-order valence-corrected chi connectivity index (χ1v) is 5.53. The zero-order chi connectivity index (χ0) is 9.52. The van der Waals surface area contributed by atoms with Crippen LogP contribution in [-0.2, 0) is 6.54 Å². The normalized spacial score (nSPS) is 10.6. The highest BCUT2D eigenvalue weighted by Gasteiger charge is 1.96. The van der Waals surface area contributed by atoms with Crippen molar-refractivity contribution in [1.29, 1.82) is 0 Å². The minimum Gasteiger partial charge on any atom is -0.316 e. The van der Waals surface area contributed by atoms with Crippen LogP contribution in [0.15, 0.2) is 5.38 Å². The third-order valence-electron chi connectivity index (χ3n) is 1.67. The first-order chi connectivity index (χ1) is 6.33. The van der Waals surface area contributed by atoms with Crippen molar-refractivity contribution in [3.8, 4) is 0 Å². The Bertz CT molecular complexity index is 235. The molecule has 0 saturated heterocycles. The van der Waals surface area contributed by atoms with Crippen molar-refractivity contribution < 1.29 is 0 Å². The Hall–Kier alpha value is -0.450. The molecule has 1 rings (SSSR count). The van der Waals surface area contributed by atoms with E-state index in [4.69, 9.17) is 0 Å². The molecule has 0 amide bonds.